The van der Waals surface area contributed by atoms with Crippen molar-refractivity contribution in [3.8, 4) is 11.5 Å². The first-order valence-corrected chi connectivity index (χ1v) is 7.74. The molecule has 0 radical (unpaired) electrons. The molecule has 0 amide bonds. The van der Waals surface area contributed by atoms with Crippen LogP contribution in [0.25, 0.3) is 11.5 Å². The molecule has 2 rings (SSSR count). The van der Waals surface area contributed by atoms with Crippen molar-refractivity contribution in [2.75, 3.05) is 7.05 Å². The van der Waals surface area contributed by atoms with Gasteiger partial charge in [-0.1, -0.05) is 31.1 Å². The van der Waals surface area contributed by atoms with Gasteiger partial charge in [0.1, 0.15) is 0 Å². The molecule has 20 heavy (non-hydrogen) atoms. The number of hydrogen-bond acceptors (Lipinski definition) is 5. The van der Waals surface area contributed by atoms with Gasteiger partial charge in [0.15, 0.2) is 5.82 Å². The van der Waals surface area contributed by atoms with Gasteiger partial charge in [-0.05, 0) is 26.1 Å². The summed E-state index contributed by atoms with van der Waals surface area (Å²) in [7, 11) is 1.93. The number of thioether (sulfide) groups is 1. The summed E-state index contributed by atoms with van der Waals surface area (Å²) >= 11 is 1.81. The van der Waals surface area contributed by atoms with E-state index in [-0.39, 0.29) is 0 Å². The fraction of sp³-hybridized carbons (Fsp3) is 0.467. The van der Waals surface area contributed by atoms with Gasteiger partial charge in [-0.15, -0.1) is 11.8 Å². The van der Waals surface area contributed by atoms with E-state index in [1.54, 1.807) is 0 Å². The Labute approximate surface area is 124 Å². The number of rotatable bonds is 6. The van der Waals surface area contributed by atoms with Crippen LogP contribution in [0.3, 0.4) is 0 Å². The quantitative estimate of drug-likeness (QED) is 0.827. The normalized spacial score (nSPS) is 12.8. The summed E-state index contributed by atoms with van der Waals surface area (Å²) < 4.78 is 5.42. The lowest BCUT2D eigenvalue weighted by Crippen LogP contribution is -2.24. The van der Waals surface area contributed by atoms with Crippen LogP contribution in [0.1, 0.15) is 26.6 Å². The molecule has 0 spiro atoms. The average Bonchev–Trinajstić information content (AvgIpc) is 2.87. The van der Waals surface area contributed by atoms with E-state index in [0.29, 0.717) is 17.2 Å². The maximum atomic E-state index is 5.42. The zero-order valence-corrected chi connectivity index (χ0v) is 13.2. The van der Waals surface area contributed by atoms with Crippen LogP contribution in [0.2, 0.25) is 0 Å². The molecule has 108 valence electrons. The van der Waals surface area contributed by atoms with Crippen LogP contribution in [-0.2, 0) is 6.42 Å². The second-order valence-corrected chi connectivity index (χ2v) is 6.69. The van der Waals surface area contributed by atoms with Gasteiger partial charge in [-0.25, -0.2) is 0 Å². The van der Waals surface area contributed by atoms with Crippen LogP contribution >= 0.6 is 11.8 Å². The lowest BCUT2D eigenvalue weighted by atomic mass is 10.2. The summed E-state index contributed by atoms with van der Waals surface area (Å²) in [5.41, 5.74) is 1.02. The minimum Gasteiger partial charge on any atom is -0.334 e. The standard InChI is InChI=1S/C15H21N3OS/c1-10(2)20-13-8-6-5-7-12(13)15-17-14(18-19-15)9-11(3)16-4/h5-8,10-11,16H,9H2,1-4H3. The molecule has 2 aromatic rings. The van der Waals surface area contributed by atoms with Crippen LogP contribution in [0.4, 0.5) is 0 Å². The molecule has 0 aliphatic carbocycles. The Morgan fingerprint density at radius 1 is 1.25 bits per heavy atom. The molecule has 1 heterocycles. The highest BCUT2D eigenvalue weighted by Gasteiger charge is 2.14. The highest BCUT2D eigenvalue weighted by Crippen LogP contribution is 2.32. The number of benzene rings is 1. The molecule has 5 heteroatoms. The molecule has 1 aromatic carbocycles. The minimum atomic E-state index is 0.334. The van der Waals surface area contributed by atoms with Crippen molar-refractivity contribution in [2.45, 2.75) is 43.4 Å². The lowest BCUT2D eigenvalue weighted by molar-refractivity contribution is 0.417. The summed E-state index contributed by atoms with van der Waals surface area (Å²) in [6.45, 7) is 6.45. The zero-order chi connectivity index (χ0) is 14.5. The Balaban J connectivity index is 2.23. The molecule has 0 aliphatic heterocycles. The molecule has 1 aromatic heterocycles. The van der Waals surface area contributed by atoms with E-state index in [1.807, 2.05) is 37.0 Å². The van der Waals surface area contributed by atoms with Crippen LogP contribution < -0.4 is 5.32 Å². The van der Waals surface area contributed by atoms with E-state index < -0.39 is 0 Å². The van der Waals surface area contributed by atoms with Crippen molar-refractivity contribution in [3.63, 3.8) is 0 Å². The van der Waals surface area contributed by atoms with Gasteiger partial charge >= 0.3 is 0 Å². The van der Waals surface area contributed by atoms with E-state index in [1.165, 1.54) is 4.90 Å². The monoisotopic (exact) mass is 291 g/mol. The van der Waals surface area contributed by atoms with Crippen LogP contribution in [0.15, 0.2) is 33.7 Å². The van der Waals surface area contributed by atoms with Gasteiger partial charge in [-0.2, -0.15) is 4.98 Å². The molecule has 1 N–H and O–H groups in total. The Morgan fingerprint density at radius 3 is 2.70 bits per heavy atom. The minimum absolute atomic E-state index is 0.334. The summed E-state index contributed by atoms with van der Waals surface area (Å²) in [5.74, 6) is 1.35. The first-order valence-electron chi connectivity index (χ1n) is 6.86. The Bertz CT molecular complexity index is 554. The third-order valence-electron chi connectivity index (χ3n) is 2.93. The van der Waals surface area contributed by atoms with Crippen LogP contribution in [-0.4, -0.2) is 28.5 Å². The first kappa shape index (κ1) is 15.1. The van der Waals surface area contributed by atoms with E-state index >= 15 is 0 Å². The van der Waals surface area contributed by atoms with Gasteiger partial charge in [-0.3, -0.25) is 0 Å². The maximum absolute atomic E-state index is 5.42. The molecule has 0 fully saturated rings. The fourth-order valence-electron chi connectivity index (χ4n) is 1.82. The van der Waals surface area contributed by atoms with Gasteiger partial charge < -0.3 is 9.84 Å². The van der Waals surface area contributed by atoms with Gasteiger partial charge in [0.2, 0.25) is 0 Å². The average molecular weight is 291 g/mol. The molecule has 1 atom stereocenters. The smallest absolute Gasteiger partial charge is 0.259 e. The molecule has 1 unspecified atom stereocenters. The zero-order valence-electron chi connectivity index (χ0n) is 12.4. The topological polar surface area (TPSA) is 51.0 Å². The van der Waals surface area contributed by atoms with Crippen LogP contribution in [0.5, 0.6) is 0 Å². The summed E-state index contributed by atoms with van der Waals surface area (Å²) in [6.07, 6.45) is 0.763. The number of likely N-dealkylation sites (N-methyl/N-ethyl adjacent to an activating group) is 1. The van der Waals surface area contributed by atoms with Crippen molar-refractivity contribution in [1.82, 2.24) is 15.5 Å². The van der Waals surface area contributed by atoms with Gasteiger partial charge in [0.05, 0.1) is 5.56 Å². The number of nitrogens with one attached hydrogen (secondary N) is 1. The maximum Gasteiger partial charge on any atom is 0.259 e. The van der Waals surface area contributed by atoms with Crippen molar-refractivity contribution in [1.29, 1.82) is 0 Å². The lowest BCUT2D eigenvalue weighted by Gasteiger charge is -2.08. The van der Waals surface area contributed by atoms with Crippen molar-refractivity contribution < 1.29 is 4.52 Å². The predicted octanol–water partition coefficient (Wildman–Crippen LogP) is 3.39. The molecular formula is C15H21N3OS. The predicted molar refractivity (Wildman–Crippen MR) is 83.0 cm³/mol. The second kappa shape index (κ2) is 6.90. The Kier molecular flexibility index (Phi) is 5.20. The molecule has 0 aliphatic rings. The Hall–Kier alpha value is -1.33. The third kappa shape index (κ3) is 3.84. The highest BCUT2D eigenvalue weighted by atomic mass is 32.2. The van der Waals surface area contributed by atoms with E-state index in [2.05, 4.69) is 42.3 Å². The second-order valence-electron chi connectivity index (χ2n) is 5.07. The molecule has 0 saturated heterocycles. The van der Waals surface area contributed by atoms with Crippen molar-refractivity contribution >= 4 is 11.8 Å². The van der Waals surface area contributed by atoms with E-state index in [4.69, 9.17) is 4.52 Å². The largest absolute Gasteiger partial charge is 0.334 e. The van der Waals surface area contributed by atoms with E-state index in [0.717, 1.165) is 17.8 Å². The van der Waals surface area contributed by atoms with Crippen molar-refractivity contribution in [3.05, 3.63) is 30.1 Å². The van der Waals surface area contributed by atoms with Gasteiger partial charge in [0.25, 0.3) is 5.89 Å². The summed E-state index contributed by atoms with van der Waals surface area (Å²) in [4.78, 5) is 5.69. The van der Waals surface area contributed by atoms with E-state index in [9.17, 15) is 0 Å². The number of nitrogens with zero attached hydrogens (tertiary/aromatic N) is 2. The SMILES string of the molecule is CNC(C)Cc1noc(-c2ccccc2SC(C)C)n1. The van der Waals surface area contributed by atoms with Gasteiger partial charge in [0, 0.05) is 22.6 Å². The van der Waals surface area contributed by atoms with Crippen LogP contribution in [0, 0.1) is 0 Å². The highest BCUT2D eigenvalue weighted by molar-refractivity contribution is 8.00. The Morgan fingerprint density at radius 2 is 2.00 bits per heavy atom. The first-order chi connectivity index (χ1) is 9.60. The number of aromatic nitrogens is 2. The molecule has 4 nitrogen and oxygen atoms in total. The molecule has 0 saturated carbocycles. The summed E-state index contributed by atoms with van der Waals surface area (Å²) in [5, 5.41) is 7.76. The molecular weight excluding hydrogens is 270 g/mol. The molecule has 0 bridgehead atoms. The van der Waals surface area contributed by atoms with Crippen molar-refractivity contribution in [2.24, 2.45) is 0 Å². The summed E-state index contributed by atoms with van der Waals surface area (Å²) in [6, 6.07) is 8.50. The third-order valence-corrected chi connectivity index (χ3v) is 4.01. The fourth-order valence-corrected chi connectivity index (χ4v) is 2.77. The number of hydrogen-bond donors (Lipinski definition) is 1.